The van der Waals surface area contributed by atoms with Crippen LogP contribution in [0.1, 0.15) is 52.6 Å². The first-order chi connectivity index (χ1) is 13.3. The summed E-state index contributed by atoms with van der Waals surface area (Å²) in [5.74, 6) is -0.406. The van der Waals surface area contributed by atoms with Crippen molar-refractivity contribution < 1.29 is 14.4 Å². The molecule has 2 aromatic carbocycles. The number of rotatable bonds is 4. The fourth-order valence-corrected chi connectivity index (χ4v) is 3.36. The average Bonchev–Trinajstić information content (AvgIpc) is 3.06. The number of carbonyl (C=O) groups is 3. The van der Waals surface area contributed by atoms with E-state index in [1.807, 2.05) is 39.0 Å². The van der Waals surface area contributed by atoms with Gasteiger partial charge in [0.25, 0.3) is 11.8 Å². The molecule has 0 radical (unpaired) electrons. The van der Waals surface area contributed by atoms with E-state index in [0.29, 0.717) is 23.4 Å². The van der Waals surface area contributed by atoms with Crippen molar-refractivity contribution >= 4 is 29.1 Å². The average molecular weight is 379 g/mol. The summed E-state index contributed by atoms with van der Waals surface area (Å²) in [6.07, 6.45) is 0.736. The van der Waals surface area contributed by atoms with Gasteiger partial charge in [-0.15, -0.1) is 0 Å². The fraction of sp³-hybridized carbons (Fsp3) is 0.318. The van der Waals surface area contributed by atoms with Crippen molar-refractivity contribution in [2.75, 3.05) is 16.8 Å². The zero-order valence-electron chi connectivity index (χ0n) is 16.6. The molecule has 3 amide bonds. The Morgan fingerprint density at radius 1 is 1.04 bits per heavy atom. The molecule has 0 saturated heterocycles. The number of anilines is 2. The van der Waals surface area contributed by atoms with E-state index in [-0.39, 0.29) is 23.8 Å². The third kappa shape index (κ3) is 4.06. The predicted octanol–water partition coefficient (Wildman–Crippen LogP) is 3.29. The highest BCUT2D eigenvalue weighted by molar-refractivity contribution is 6.06. The van der Waals surface area contributed by atoms with Gasteiger partial charge < -0.3 is 15.5 Å². The number of hydrogen-bond acceptors (Lipinski definition) is 3. The van der Waals surface area contributed by atoms with Gasteiger partial charge in [-0.25, -0.2) is 0 Å². The molecular weight excluding hydrogens is 354 g/mol. The van der Waals surface area contributed by atoms with Gasteiger partial charge in [0.2, 0.25) is 5.91 Å². The quantitative estimate of drug-likeness (QED) is 0.856. The monoisotopic (exact) mass is 379 g/mol. The summed E-state index contributed by atoms with van der Waals surface area (Å²) in [5.41, 5.74) is 4.33. The second-order valence-corrected chi connectivity index (χ2v) is 7.38. The van der Waals surface area contributed by atoms with Gasteiger partial charge in [-0.1, -0.05) is 6.07 Å². The van der Waals surface area contributed by atoms with Crippen LogP contribution in [0.2, 0.25) is 0 Å². The van der Waals surface area contributed by atoms with Gasteiger partial charge in [0.15, 0.2) is 0 Å². The summed E-state index contributed by atoms with van der Waals surface area (Å²) >= 11 is 0. The van der Waals surface area contributed by atoms with E-state index in [4.69, 9.17) is 0 Å². The van der Waals surface area contributed by atoms with Crippen molar-refractivity contribution in [3.63, 3.8) is 0 Å². The molecule has 0 atom stereocenters. The summed E-state index contributed by atoms with van der Waals surface area (Å²) < 4.78 is 0. The zero-order chi connectivity index (χ0) is 20.4. The molecule has 1 aliphatic rings. The second kappa shape index (κ2) is 7.84. The summed E-state index contributed by atoms with van der Waals surface area (Å²) in [4.78, 5) is 38.4. The van der Waals surface area contributed by atoms with E-state index in [1.165, 1.54) is 0 Å². The minimum Gasteiger partial charge on any atom is -0.350 e. The number of benzene rings is 2. The topological polar surface area (TPSA) is 78.5 Å². The van der Waals surface area contributed by atoms with Crippen molar-refractivity contribution in [2.45, 2.75) is 40.2 Å². The van der Waals surface area contributed by atoms with Gasteiger partial charge in [-0.2, -0.15) is 0 Å². The number of carbonyl (C=O) groups excluding carboxylic acids is 3. The second-order valence-electron chi connectivity index (χ2n) is 7.38. The van der Waals surface area contributed by atoms with Crippen LogP contribution < -0.4 is 15.5 Å². The molecular formula is C22H25N3O3. The maximum absolute atomic E-state index is 12.7. The van der Waals surface area contributed by atoms with Crippen LogP contribution in [0, 0.1) is 6.92 Å². The lowest BCUT2D eigenvalue weighted by Crippen LogP contribution is -2.30. The molecule has 6 nitrogen and oxygen atoms in total. The van der Waals surface area contributed by atoms with Crippen molar-refractivity contribution in [3.05, 3.63) is 58.7 Å². The molecule has 0 fully saturated rings. The standard InChI is InChI=1S/C22H25N3O3/c1-13(2)23-22(28)19-12-18(7-5-14(19)3)24-21(27)17-6-8-20-16(11-17)9-10-25(20)15(4)26/h5-8,11-13H,9-10H2,1-4H3,(H,23,28)(H,24,27). The number of aryl methyl sites for hydroxylation is 1. The Bertz CT molecular complexity index is 950. The minimum absolute atomic E-state index is 0.00260. The van der Waals surface area contributed by atoms with Gasteiger partial charge >= 0.3 is 0 Å². The molecule has 0 saturated carbocycles. The number of nitrogens with one attached hydrogen (secondary N) is 2. The van der Waals surface area contributed by atoms with Gasteiger partial charge in [0.1, 0.15) is 0 Å². The minimum atomic E-state index is -0.247. The molecule has 28 heavy (non-hydrogen) atoms. The maximum atomic E-state index is 12.7. The highest BCUT2D eigenvalue weighted by atomic mass is 16.2. The summed E-state index contributed by atoms with van der Waals surface area (Å²) in [6.45, 7) is 7.85. The Balaban J connectivity index is 1.79. The molecule has 1 heterocycles. The number of nitrogens with zero attached hydrogens (tertiary/aromatic N) is 1. The van der Waals surface area contributed by atoms with Gasteiger partial charge in [0.05, 0.1) is 0 Å². The summed E-state index contributed by atoms with van der Waals surface area (Å²) in [6, 6.07) is 10.7. The molecule has 1 aliphatic heterocycles. The molecule has 146 valence electrons. The third-order valence-corrected chi connectivity index (χ3v) is 4.78. The number of hydrogen-bond donors (Lipinski definition) is 2. The molecule has 0 unspecified atom stereocenters. The molecule has 2 aromatic rings. The third-order valence-electron chi connectivity index (χ3n) is 4.78. The van der Waals surface area contributed by atoms with Crippen molar-refractivity contribution in [1.29, 1.82) is 0 Å². The van der Waals surface area contributed by atoms with Crippen LogP contribution >= 0.6 is 0 Å². The normalized spacial score (nSPS) is 12.7. The summed E-state index contributed by atoms with van der Waals surface area (Å²) in [5, 5.41) is 5.73. The molecule has 6 heteroatoms. The van der Waals surface area contributed by atoms with Gasteiger partial charge in [0, 0.05) is 42.0 Å². The van der Waals surface area contributed by atoms with Crippen LogP contribution in [-0.4, -0.2) is 30.3 Å². The Morgan fingerprint density at radius 2 is 1.79 bits per heavy atom. The van der Waals surface area contributed by atoms with E-state index in [2.05, 4.69) is 10.6 Å². The Hall–Kier alpha value is -3.15. The lowest BCUT2D eigenvalue weighted by molar-refractivity contribution is -0.116. The molecule has 0 bridgehead atoms. The first-order valence-corrected chi connectivity index (χ1v) is 9.40. The van der Waals surface area contributed by atoms with E-state index < -0.39 is 0 Å². The number of fused-ring (bicyclic) bond motifs is 1. The lowest BCUT2D eigenvalue weighted by atomic mass is 10.1. The molecule has 0 aliphatic carbocycles. The lowest BCUT2D eigenvalue weighted by Gasteiger charge is -2.15. The zero-order valence-corrected chi connectivity index (χ0v) is 16.6. The smallest absolute Gasteiger partial charge is 0.255 e. The maximum Gasteiger partial charge on any atom is 0.255 e. The molecule has 0 spiro atoms. The van der Waals surface area contributed by atoms with Crippen LogP contribution in [0.25, 0.3) is 0 Å². The van der Waals surface area contributed by atoms with E-state index in [0.717, 1.165) is 23.2 Å². The van der Waals surface area contributed by atoms with Gasteiger partial charge in [-0.05, 0) is 68.7 Å². The van der Waals surface area contributed by atoms with Crippen LogP contribution in [0.15, 0.2) is 36.4 Å². The van der Waals surface area contributed by atoms with Crippen LogP contribution in [0.4, 0.5) is 11.4 Å². The van der Waals surface area contributed by atoms with Crippen LogP contribution in [-0.2, 0) is 11.2 Å². The van der Waals surface area contributed by atoms with Crippen molar-refractivity contribution in [2.24, 2.45) is 0 Å². The van der Waals surface area contributed by atoms with E-state index >= 15 is 0 Å². The highest BCUT2D eigenvalue weighted by Gasteiger charge is 2.23. The van der Waals surface area contributed by atoms with Gasteiger partial charge in [-0.3, -0.25) is 14.4 Å². The largest absolute Gasteiger partial charge is 0.350 e. The molecule has 0 aromatic heterocycles. The first-order valence-electron chi connectivity index (χ1n) is 9.40. The first kappa shape index (κ1) is 19.6. The van der Waals surface area contributed by atoms with Crippen LogP contribution in [0.3, 0.4) is 0 Å². The Morgan fingerprint density at radius 3 is 2.46 bits per heavy atom. The highest BCUT2D eigenvalue weighted by Crippen LogP contribution is 2.29. The number of amides is 3. The molecule has 3 rings (SSSR count). The molecule has 2 N–H and O–H groups in total. The van der Waals surface area contributed by atoms with Crippen molar-refractivity contribution in [3.8, 4) is 0 Å². The Labute approximate surface area is 164 Å². The fourth-order valence-electron chi connectivity index (χ4n) is 3.36. The van der Waals surface area contributed by atoms with E-state index in [1.54, 1.807) is 30.0 Å². The van der Waals surface area contributed by atoms with Crippen molar-refractivity contribution in [1.82, 2.24) is 5.32 Å². The summed E-state index contributed by atoms with van der Waals surface area (Å²) in [7, 11) is 0. The SMILES string of the molecule is CC(=O)N1CCc2cc(C(=O)Nc3ccc(C)c(C(=O)NC(C)C)c3)ccc21. The van der Waals surface area contributed by atoms with E-state index in [9.17, 15) is 14.4 Å². The van der Waals surface area contributed by atoms with Crippen LogP contribution in [0.5, 0.6) is 0 Å². The Kier molecular flexibility index (Phi) is 5.49. The predicted molar refractivity (Wildman–Crippen MR) is 110 cm³/mol.